The fourth-order valence-corrected chi connectivity index (χ4v) is 3.77. The molecule has 1 aliphatic carbocycles. The molecule has 0 bridgehead atoms. The summed E-state index contributed by atoms with van der Waals surface area (Å²) >= 11 is 0. The average molecular weight is 392 g/mol. The number of para-hydroxylation sites is 1. The van der Waals surface area contributed by atoms with Crippen LogP contribution in [-0.2, 0) is 11.3 Å². The SMILES string of the molecule is COc1ccc(NC(=O)Cn2c(=O)nc(NC3CCCC3)c3ccccc32)cc1. The van der Waals surface area contributed by atoms with E-state index in [2.05, 4.69) is 15.6 Å². The predicted molar refractivity (Wildman–Crippen MR) is 114 cm³/mol. The zero-order chi connectivity index (χ0) is 20.2. The van der Waals surface area contributed by atoms with Gasteiger partial charge in [0.05, 0.1) is 12.6 Å². The van der Waals surface area contributed by atoms with Gasteiger partial charge in [0.25, 0.3) is 0 Å². The number of carbonyl (C=O) groups excluding carboxylic acids is 1. The van der Waals surface area contributed by atoms with Crippen LogP contribution in [-0.4, -0.2) is 28.6 Å². The Morgan fingerprint density at radius 3 is 2.59 bits per heavy atom. The minimum absolute atomic E-state index is 0.109. The van der Waals surface area contributed by atoms with Crippen molar-refractivity contribution in [1.82, 2.24) is 9.55 Å². The molecule has 1 amide bonds. The first kappa shape index (κ1) is 19.0. The van der Waals surface area contributed by atoms with Gasteiger partial charge in [0.15, 0.2) is 0 Å². The molecule has 0 atom stereocenters. The van der Waals surface area contributed by atoms with E-state index in [-0.39, 0.29) is 12.5 Å². The number of nitrogens with zero attached hydrogens (tertiary/aromatic N) is 2. The van der Waals surface area contributed by atoms with Crippen molar-refractivity contribution in [2.75, 3.05) is 17.7 Å². The van der Waals surface area contributed by atoms with Crippen molar-refractivity contribution in [2.24, 2.45) is 0 Å². The van der Waals surface area contributed by atoms with Crippen molar-refractivity contribution in [3.63, 3.8) is 0 Å². The summed E-state index contributed by atoms with van der Waals surface area (Å²) in [6, 6.07) is 14.9. The summed E-state index contributed by atoms with van der Waals surface area (Å²) in [6.07, 6.45) is 4.56. The molecule has 0 unspecified atom stereocenters. The maximum Gasteiger partial charge on any atom is 0.350 e. The molecule has 3 aromatic rings. The summed E-state index contributed by atoms with van der Waals surface area (Å²) in [5.41, 5.74) is 0.896. The van der Waals surface area contributed by atoms with Gasteiger partial charge in [-0.05, 0) is 49.2 Å². The topological polar surface area (TPSA) is 85.2 Å². The Morgan fingerprint density at radius 1 is 1.14 bits per heavy atom. The van der Waals surface area contributed by atoms with Crippen LogP contribution in [0, 0.1) is 0 Å². The van der Waals surface area contributed by atoms with E-state index in [1.165, 1.54) is 17.4 Å². The Hall–Kier alpha value is -3.35. The van der Waals surface area contributed by atoms with E-state index in [0.29, 0.717) is 28.8 Å². The van der Waals surface area contributed by atoms with Gasteiger partial charge in [-0.1, -0.05) is 25.0 Å². The van der Waals surface area contributed by atoms with Crippen LogP contribution >= 0.6 is 0 Å². The highest BCUT2D eigenvalue weighted by Crippen LogP contribution is 2.25. The Morgan fingerprint density at radius 2 is 1.86 bits per heavy atom. The van der Waals surface area contributed by atoms with Crippen LogP contribution in [0.2, 0.25) is 0 Å². The summed E-state index contributed by atoms with van der Waals surface area (Å²) in [7, 11) is 1.59. The first-order valence-electron chi connectivity index (χ1n) is 9.84. The third kappa shape index (κ3) is 4.23. The van der Waals surface area contributed by atoms with E-state index in [1.807, 2.05) is 24.3 Å². The van der Waals surface area contributed by atoms with Crippen molar-refractivity contribution >= 4 is 28.3 Å². The molecule has 0 saturated heterocycles. The second kappa shape index (κ2) is 8.34. The largest absolute Gasteiger partial charge is 0.497 e. The number of hydrogen-bond donors (Lipinski definition) is 2. The summed E-state index contributed by atoms with van der Waals surface area (Å²) in [4.78, 5) is 29.5. The number of rotatable bonds is 6. The molecule has 0 spiro atoms. The van der Waals surface area contributed by atoms with Gasteiger partial charge in [-0.2, -0.15) is 4.98 Å². The Balaban J connectivity index is 1.58. The lowest BCUT2D eigenvalue weighted by Crippen LogP contribution is -2.31. The third-order valence-corrected chi connectivity index (χ3v) is 5.26. The van der Waals surface area contributed by atoms with Gasteiger partial charge in [0.1, 0.15) is 18.1 Å². The lowest BCUT2D eigenvalue weighted by molar-refractivity contribution is -0.116. The fourth-order valence-electron chi connectivity index (χ4n) is 3.77. The summed E-state index contributed by atoms with van der Waals surface area (Å²) in [5.74, 6) is 1.02. The normalized spacial score (nSPS) is 14.1. The number of fused-ring (bicyclic) bond motifs is 1. The van der Waals surface area contributed by atoms with Crippen LogP contribution < -0.4 is 21.1 Å². The summed E-state index contributed by atoms with van der Waals surface area (Å²) < 4.78 is 6.53. The number of nitrogens with one attached hydrogen (secondary N) is 2. The second-order valence-electron chi connectivity index (χ2n) is 7.25. The molecule has 4 rings (SSSR count). The predicted octanol–water partition coefficient (Wildman–Crippen LogP) is 3.40. The monoisotopic (exact) mass is 392 g/mol. The number of ether oxygens (including phenoxy) is 1. The lowest BCUT2D eigenvalue weighted by atomic mass is 10.2. The number of amides is 1. The molecule has 7 heteroatoms. The quantitative estimate of drug-likeness (QED) is 0.672. The zero-order valence-electron chi connectivity index (χ0n) is 16.4. The third-order valence-electron chi connectivity index (χ3n) is 5.26. The molecule has 1 saturated carbocycles. The van der Waals surface area contributed by atoms with E-state index in [4.69, 9.17) is 4.74 Å². The zero-order valence-corrected chi connectivity index (χ0v) is 16.4. The number of anilines is 2. The van der Waals surface area contributed by atoms with Crippen molar-refractivity contribution in [2.45, 2.75) is 38.3 Å². The van der Waals surface area contributed by atoms with Gasteiger partial charge in [0, 0.05) is 17.1 Å². The van der Waals surface area contributed by atoms with Gasteiger partial charge < -0.3 is 15.4 Å². The first-order chi connectivity index (χ1) is 14.1. The summed E-state index contributed by atoms with van der Waals surface area (Å²) in [5, 5.41) is 7.07. The van der Waals surface area contributed by atoms with Crippen LogP contribution in [0.3, 0.4) is 0 Å². The number of hydrogen-bond acceptors (Lipinski definition) is 5. The maximum absolute atomic E-state index is 12.7. The van der Waals surface area contributed by atoms with Crippen LogP contribution in [0.1, 0.15) is 25.7 Å². The molecule has 1 fully saturated rings. The fraction of sp³-hybridized carbons (Fsp3) is 0.318. The van der Waals surface area contributed by atoms with Crippen molar-refractivity contribution in [3.8, 4) is 5.75 Å². The van der Waals surface area contributed by atoms with E-state index in [1.54, 1.807) is 31.4 Å². The highest BCUT2D eigenvalue weighted by molar-refractivity contribution is 5.93. The van der Waals surface area contributed by atoms with Crippen LogP contribution in [0.25, 0.3) is 10.9 Å². The Bertz CT molecular complexity index is 1070. The van der Waals surface area contributed by atoms with Crippen molar-refractivity contribution < 1.29 is 9.53 Å². The minimum Gasteiger partial charge on any atom is -0.497 e. The second-order valence-corrected chi connectivity index (χ2v) is 7.25. The van der Waals surface area contributed by atoms with Gasteiger partial charge in [-0.3, -0.25) is 9.36 Å². The molecule has 2 aromatic carbocycles. The van der Waals surface area contributed by atoms with E-state index in [9.17, 15) is 9.59 Å². The molecule has 0 aliphatic heterocycles. The molecule has 150 valence electrons. The van der Waals surface area contributed by atoms with Gasteiger partial charge in [-0.25, -0.2) is 4.79 Å². The molecular formula is C22H24N4O3. The highest BCUT2D eigenvalue weighted by Gasteiger charge is 2.18. The highest BCUT2D eigenvalue weighted by atomic mass is 16.5. The average Bonchev–Trinajstić information content (AvgIpc) is 3.24. The van der Waals surface area contributed by atoms with Crippen molar-refractivity contribution in [1.29, 1.82) is 0 Å². The maximum atomic E-state index is 12.7. The molecule has 29 heavy (non-hydrogen) atoms. The smallest absolute Gasteiger partial charge is 0.350 e. The number of benzene rings is 2. The molecule has 7 nitrogen and oxygen atoms in total. The van der Waals surface area contributed by atoms with Gasteiger partial charge in [-0.15, -0.1) is 0 Å². The van der Waals surface area contributed by atoms with Crippen LogP contribution in [0.15, 0.2) is 53.3 Å². The Labute approximate surface area is 168 Å². The molecule has 0 radical (unpaired) electrons. The first-order valence-corrected chi connectivity index (χ1v) is 9.84. The standard InChI is InChI=1S/C22H24N4O3/c1-29-17-12-10-16(11-13-17)23-20(27)14-26-19-9-5-4-8-18(19)21(25-22(26)28)24-15-6-2-3-7-15/h4-5,8-13,15H,2-3,6-7,14H2,1H3,(H,23,27)(H,24,25,28). The lowest BCUT2D eigenvalue weighted by Gasteiger charge is -2.17. The van der Waals surface area contributed by atoms with Crippen molar-refractivity contribution in [3.05, 3.63) is 59.0 Å². The number of carbonyl (C=O) groups is 1. The number of aromatic nitrogens is 2. The Kier molecular flexibility index (Phi) is 5.46. The molecule has 1 heterocycles. The number of methoxy groups -OCH3 is 1. The molecule has 1 aliphatic rings. The van der Waals surface area contributed by atoms with Crippen LogP contribution in [0.5, 0.6) is 5.75 Å². The van der Waals surface area contributed by atoms with Gasteiger partial charge in [0.2, 0.25) is 5.91 Å². The van der Waals surface area contributed by atoms with E-state index < -0.39 is 5.69 Å². The molecule has 1 aromatic heterocycles. The van der Waals surface area contributed by atoms with Crippen LogP contribution in [0.4, 0.5) is 11.5 Å². The van der Waals surface area contributed by atoms with Gasteiger partial charge >= 0.3 is 5.69 Å². The van der Waals surface area contributed by atoms with E-state index in [0.717, 1.165) is 18.2 Å². The summed E-state index contributed by atoms with van der Waals surface area (Å²) in [6.45, 7) is -0.109. The molecule has 2 N–H and O–H groups in total. The minimum atomic E-state index is -0.436. The molecular weight excluding hydrogens is 368 g/mol. The van der Waals surface area contributed by atoms with E-state index >= 15 is 0 Å².